The van der Waals surface area contributed by atoms with Crippen molar-refractivity contribution in [3.05, 3.63) is 0 Å². The molecular weight excluding hydrogens is 606 g/mol. The van der Waals surface area contributed by atoms with E-state index in [-0.39, 0.29) is 0 Å². The van der Waals surface area contributed by atoms with E-state index in [1.54, 1.807) is 69.2 Å². The van der Waals surface area contributed by atoms with Crippen molar-refractivity contribution < 1.29 is 43.0 Å². The van der Waals surface area contributed by atoms with Crippen LogP contribution in [0.25, 0.3) is 0 Å². The molecule has 1 aliphatic heterocycles. The average Bonchev–Trinajstić information content (AvgIpc) is 2.98. The second-order valence-electron chi connectivity index (χ2n) is 14.5. The smallest absolute Gasteiger partial charge is 0.329 e. The lowest BCUT2D eigenvalue weighted by Crippen LogP contribution is -2.58. The summed E-state index contributed by atoms with van der Waals surface area (Å²) in [6, 6.07) is -3.34. The Kier molecular flexibility index (Phi) is 15.9. The van der Waals surface area contributed by atoms with E-state index in [1.807, 2.05) is 13.8 Å². The van der Waals surface area contributed by atoms with Gasteiger partial charge in [0.2, 0.25) is 0 Å². The highest BCUT2D eigenvalue weighted by molar-refractivity contribution is 5.94. The first-order chi connectivity index (χ1) is 21.6. The summed E-state index contributed by atoms with van der Waals surface area (Å²) in [7, 11) is 4.35. The first-order valence-corrected chi connectivity index (χ1v) is 17.1. The average molecular weight is 668 g/mol. The SMILES string of the molecule is CCC(C)[C@H]1OC(=O)[C@H](C(C)C)N(C)C(=O)[C@@H](C(C)C)OC(=O)[C@H](C(C)C)N(C)C(=O)[C@@H](C(C)CC)OC(=O)[C@H](C(C)C)N(C)C1=O. The molecule has 0 radical (unpaired) electrons. The lowest BCUT2D eigenvalue weighted by Gasteiger charge is -2.38. The number of carbonyl (C=O) groups excluding carboxylic acids is 6. The van der Waals surface area contributed by atoms with Gasteiger partial charge in [0, 0.05) is 33.0 Å². The zero-order chi connectivity index (χ0) is 36.7. The predicted molar refractivity (Wildman–Crippen MR) is 178 cm³/mol. The minimum Gasteiger partial charge on any atom is -0.450 e. The summed E-state index contributed by atoms with van der Waals surface area (Å²) in [5.74, 6) is -6.82. The molecule has 3 amide bonds. The van der Waals surface area contributed by atoms with Crippen molar-refractivity contribution in [2.45, 2.75) is 132 Å². The van der Waals surface area contributed by atoms with Crippen LogP contribution >= 0.6 is 0 Å². The van der Waals surface area contributed by atoms with E-state index in [0.29, 0.717) is 12.8 Å². The molecule has 12 nitrogen and oxygen atoms in total. The molecule has 47 heavy (non-hydrogen) atoms. The number of hydrogen-bond donors (Lipinski definition) is 0. The Morgan fingerprint density at radius 3 is 0.894 bits per heavy atom. The zero-order valence-electron chi connectivity index (χ0n) is 31.4. The van der Waals surface area contributed by atoms with E-state index in [0.717, 1.165) is 0 Å². The van der Waals surface area contributed by atoms with Gasteiger partial charge in [-0.25, -0.2) is 14.4 Å². The maximum Gasteiger partial charge on any atom is 0.329 e. The van der Waals surface area contributed by atoms with Crippen LogP contribution in [-0.2, 0) is 43.0 Å². The molecule has 0 N–H and O–H groups in total. The fourth-order valence-electron chi connectivity index (χ4n) is 5.95. The third kappa shape index (κ3) is 9.92. The number of rotatable bonds is 8. The standard InChI is InChI=1S/C35H61N3O9/c1-16-22(11)28-31(40)37(14)24(18(3)4)33(42)45-27(21(9)10)30(39)36(13)25(19(5)6)34(43)46-29(23(12)17-2)32(41)38(15)26(20(7)8)35(44)47-28/h18-29H,16-17H2,1-15H3/t22?,23?,24-,25-,26-,27+,28+,29+/m0/s1. The number of amides is 3. The molecule has 0 aromatic rings. The number of ether oxygens (including phenoxy) is 3. The van der Waals surface area contributed by atoms with Crippen molar-refractivity contribution in [1.29, 1.82) is 0 Å². The number of hydrogen-bond acceptors (Lipinski definition) is 9. The molecule has 2 unspecified atom stereocenters. The number of esters is 3. The van der Waals surface area contributed by atoms with Crippen LogP contribution in [0.3, 0.4) is 0 Å². The van der Waals surface area contributed by atoms with E-state index in [4.69, 9.17) is 14.2 Å². The van der Waals surface area contributed by atoms with E-state index in [9.17, 15) is 28.8 Å². The second kappa shape index (κ2) is 17.8. The highest BCUT2D eigenvalue weighted by Crippen LogP contribution is 2.26. The minimum absolute atomic E-state index is 0.431. The van der Waals surface area contributed by atoms with Gasteiger partial charge in [-0.1, -0.05) is 83.1 Å². The van der Waals surface area contributed by atoms with E-state index in [2.05, 4.69) is 0 Å². The highest BCUT2D eigenvalue weighted by Gasteiger charge is 2.45. The molecule has 0 bridgehead atoms. The van der Waals surface area contributed by atoms with Gasteiger partial charge < -0.3 is 28.9 Å². The topological polar surface area (TPSA) is 140 Å². The summed E-state index contributed by atoms with van der Waals surface area (Å²) in [6.07, 6.45) is -2.85. The van der Waals surface area contributed by atoms with Crippen LogP contribution in [0.5, 0.6) is 0 Å². The van der Waals surface area contributed by atoms with Crippen molar-refractivity contribution in [2.24, 2.45) is 35.5 Å². The third-order valence-electron chi connectivity index (χ3n) is 9.30. The molecule has 1 rings (SSSR count). The Bertz CT molecular complexity index is 1110. The van der Waals surface area contributed by atoms with Gasteiger partial charge >= 0.3 is 17.9 Å². The molecule has 1 saturated heterocycles. The van der Waals surface area contributed by atoms with Crippen LogP contribution in [0.15, 0.2) is 0 Å². The summed E-state index contributed by atoms with van der Waals surface area (Å²) >= 11 is 0. The first-order valence-electron chi connectivity index (χ1n) is 17.1. The number of cyclic esters (lactones) is 3. The van der Waals surface area contributed by atoms with Crippen LogP contribution in [0.1, 0.15) is 95.9 Å². The van der Waals surface area contributed by atoms with Gasteiger partial charge in [0.05, 0.1) is 0 Å². The molecule has 0 aromatic carbocycles. The highest BCUT2D eigenvalue weighted by atomic mass is 16.6. The van der Waals surface area contributed by atoms with Crippen molar-refractivity contribution in [3.8, 4) is 0 Å². The Morgan fingerprint density at radius 1 is 0.447 bits per heavy atom. The third-order valence-corrected chi connectivity index (χ3v) is 9.30. The molecule has 270 valence electrons. The molecular formula is C35H61N3O9. The lowest BCUT2D eigenvalue weighted by molar-refractivity contribution is -0.182. The first kappa shape index (κ1) is 41.8. The predicted octanol–water partition coefficient (Wildman–Crippen LogP) is 3.93. The fraction of sp³-hybridized carbons (Fsp3) is 0.829. The molecule has 1 fully saturated rings. The van der Waals surface area contributed by atoms with E-state index < -0.39 is 108 Å². The monoisotopic (exact) mass is 667 g/mol. The van der Waals surface area contributed by atoms with Gasteiger partial charge in [-0.05, 0) is 36.5 Å². The molecule has 0 aliphatic carbocycles. The summed E-state index contributed by atoms with van der Waals surface area (Å²) < 4.78 is 17.7. The fourth-order valence-corrected chi connectivity index (χ4v) is 5.95. The maximum atomic E-state index is 14.1. The lowest BCUT2D eigenvalue weighted by atomic mass is 9.95. The summed E-state index contributed by atoms with van der Waals surface area (Å²) in [4.78, 5) is 87.3. The van der Waals surface area contributed by atoms with Gasteiger partial charge in [-0.3, -0.25) is 14.4 Å². The minimum atomic E-state index is -1.28. The van der Waals surface area contributed by atoms with Crippen LogP contribution in [-0.4, -0.2) is 108 Å². The Labute approximate surface area is 282 Å². The van der Waals surface area contributed by atoms with Crippen LogP contribution in [0.4, 0.5) is 0 Å². The number of likely N-dealkylation sites (N-methyl/N-ethyl adjacent to an activating group) is 3. The molecule has 0 saturated carbocycles. The van der Waals surface area contributed by atoms with Crippen LogP contribution in [0, 0.1) is 35.5 Å². The maximum absolute atomic E-state index is 14.1. The Balaban J connectivity index is 4.00. The number of nitrogens with zero attached hydrogens (tertiary/aromatic N) is 3. The second-order valence-corrected chi connectivity index (χ2v) is 14.5. The van der Waals surface area contributed by atoms with Crippen molar-refractivity contribution >= 4 is 35.6 Å². The summed E-state index contributed by atoms with van der Waals surface area (Å²) in [6.45, 7) is 21.2. The summed E-state index contributed by atoms with van der Waals surface area (Å²) in [5, 5.41) is 0. The van der Waals surface area contributed by atoms with E-state index >= 15 is 0 Å². The van der Waals surface area contributed by atoms with Crippen LogP contribution < -0.4 is 0 Å². The Morgan fingerprint density at radius 2 is 0.681 bits per heavy atom. The van der Waals surface area contributed by atoms with E-state index in [1.165, 1.54) is 35.8 Å². The summed E-state index contributed by atoms with van der Waals surface area (Å²) in [5.41, 5.74) is 0. The molecule has 8 atom stereocenters. The van der Waals surface area contributed by atoms with Crippen molar-refractivity contribution in [3.63, 3.8) is 0 Å². The normalized spacial score (nSPS) is 28.0. The van der Waals surface area contributed by atoms with Gasteiger partial charge in [0.25, 0.3) is 17.7 Å². The van der Waals surface area contributed by atoms with Crippen LogP contribution in [0.2, 0.25) is 0 Å². The molecule has 0 spiro atoms. The number of carbonyl (C=O) groups is 6. The zero-order valence-corrected chi connectivity index (χ0v) is 31.4. The molecule has 0 aromatic heterocycles. The molecule has 1 aliphatic rings. The van der Waals surface area contributed by atoms with Crippen molar-refractivity contribution in [1.82, 2.24) is 14.7 Å². The van der Waals surface area contributed by atoms with Gasteiger partial charge in [0.1, 0.15) is 18.1 Å². The quantitative estimate of drug-likeness (QED) is 0.278. The van der Waals surface area contributed by atoms with Gasteiger partial charge in [-0.2, -0.15) is 0 Å². The van der Waals surface area contributed by atoms with Gasteiger partial charge in [-0.15, -0.1) is 0 Å². The Hall–Kier alpha value is -3.18. The van der Waals surface area contributed by atoms with Gasteiger partial charge in [0.15, 0.2) is 18.3 Å². The van der Waals surface area contributed by atoms with Crippen molar-refractivity contribution in [2.75, 3.05) is 21.1 Å². The molecule has 1 heterocycles. The molecule has 12 heteroatoms. The largest absolute Gasteiger partial charge is 0.450 e.